The molecule has 2 aliphatic rings. The van der Waals surface area contributed by atoms with Gasteiger partial charge in [-0.3, -0.25) is 19.9 Å². The van der Waals surface area contributed by atoms with Crippen molar-refractivity contribution in [2.75, 3.05) is 19.1 Å². The summed E-state index contributed by atoms with van der Waals surface area (Å²) in [4.78, 5) is 32.4. The van der Waals surface area contributed by atoms with Gasteiger partial charge in [0.15, 0.2) is 0 Å². The second kappa shape index (κ2) is 6.85. The number of halogens is 1. The number of imide groups is 1. The molecule has 0 aromatic heterocycles. The number of benzene rings is 2. The van der Waals surface area contributed by atoms with Crippen molar-refractivity contribution in [1.29, 1.82) is 0 Å². The quantitative estimate of drug-likeness (QED) is 0.795. The molecule has 0 aliphatic carbocycles. The summed E-state index contributed by atoms with van der Waals surface area (Å²) in [6, 6.07) is 11.8. The van der Waals surface area contributed by atoms with Crippen LogP contribution in [0, 0.1) is 0 Å². The Morgan fingerprint density at radius 2 is 1.86 bits per heavy atom. The van der Waals surface area contributed by atoms with E-state index in [9.17, 15) is 9.59 Å². The number of amides is 2. The molecule has 1 atom stereocenters. The number of nitrogens with one attached hydrogen (secondary N) is 1. The zero-order valence-electron chi connectivity index (χ0n) is 15.2. The maximum absolute atomic E-state index is 13.1. The van der Waals surface area contributed by atoms with Gasteiger partial charge in [-0.2, -0.15) is 0 Å². The number of carbonyl (C=O) groups excluding carboxylic acids is 2. The van der Waals surface area contributed by atoms with E-state index in [0.717, 1.165) is 4.90 Å². The first kappa shape index (κ1) is 18.3. The largest absolute Gasteiger partial charge is 0.497 e. The van der Waals surface area contributed by atoms with Gasteiger partial charge in [0.25, 0.3) is 5.91 Å². The van der Waals surface area contributed by atoms with Crippen molar-refractivity contribution >= 4 is 34.8 Å². The second-order valence-electron chi connectivity index (χ2n) is 6.41. The number of anilines is 1. The summed E-state index contributed by atoms with van der Waals surface area (Å²) in [5.41, 5.74) is 3.04. The van der Waals surface area contributed by atoms with Crippen molar-refractivity contribution in [2.24, 2.45) is 0 Å². The lowest BCUT2D eigenvalue weighted by Crippen LogP contribution is -2.40. The van der Waals surface area contributed by atoms with Crippen LogP contribution in [-0.2, 0) is 14.4 Å². The van der Waals surface area contributed by atoms with E-state index in [-0.39, 0.29) is 12.3 Å². The van der Waals surface area contributed by atoms with Gasteiger partial charge in [0.2, 0.25) is 11.5 Å². The van der Waals surface area contributed by atoms with Crippen LogP contribution in [0.3, 0.4) is 0 Å². The van der Waals surface area contributed by atoms with E-state index < -0.39 is 11.5 Å². The predicted octanol–water partition coefficient (Wildman–Crippen LogP) is 2.94. The van der Waals surface area contributed by atoms with Crippen molar-refractivity contribution in [2.45, 2.75) is 12.0 Å². The first-order chi connectivity index (χ1) is 13.5. The molecule has 1 fully saturated rings. The number of hydroxylamine groups is 1. The minimum absolute atomic E-state index is 0.108. The molecule has 2 heterocycles. The van der Waals surface area contributed by atoms with E-state index in [1.165, 1.54) is 7.11 Å². The lowest BCUT2D eigenvalue weighted by Gasteiger charge is -2.18. The molecule has 0 bridgehead atoms. The third kappa shape index (κ3) is 2.89. The fourth-order valence-electron chi connectivity index (χ4n) is 3.32. The molecule has 1 saturated heterocycles. The Bertz CT molecular complexity index is 989. The molecule has 144 valence electrons. The van der Waals surface area contributed by atoms with Gasteiger partial charge in [-0.05, 0) is 42.5 Å². The van der Waals surface area contributed by atoms with Crippen molar-refractivity contribution in [1.82, 2.24) is 5.48 Å². The maximum atomic E-state index is 13.1. The summed E-state index contributed by atoms with van der Waals surface area (Å²) < 4.78 is 10.6. The first-order valence-electron chi connectivity index (χ1n) is 8.49. The van der Waals surface area contributed by atoms with Gasteiger partial charge in [-0.25, -0.2) is 4.90 Å². The molecule has 8 heteroatoms. The number of rotatable bonds is 4. The molecular formula is C20H17ClN2O5. The normalized spacial score (nSPS) is 21.1. The molecule has 2 amide bonds. The highest BCUT2D eigenvalue weighted by atomic mass is 35.5. The van der Waals surface area contributed by atoms with E-state index in [1.54, 1.807) is 55.7 Å². The molecule has 7 nitrogen and oxygen atoms in total. The van der Waals surface area contributed by atoms with E-state index >= 15 is 0 Å². The average molecular weight is 401 g/mol. The Morgan fingerprint density at radius 3 is 2.54 bits per heavy atom. The van der Waals surface area contributed by atoms with Crippen molar-refractivity contribution in [3.63, 3.8) is 0 Å². The Hall–Kier alpha value is -3.03. The number of ether oxygens (including phenoxy) is 2. The van der Waals surface area contributed by atoms with E-state index in [0.29, 0.717) is 33.5 Å². The van der Waals surface area contributed by atoms with Gasteiger partial charge in [0.1, 0.15) is 11.5 Å². The smallest absolute Gasteiger partial charge is 0.273 e. The van der Waals surface area contributed by atoms with Crippen molar-refractivity contribution < 1.29 is 23.9 Å². The summed E-state index contributed by atoms with van der Waals surface area (Å²) in [5, 5.41) is 0.519. The standard InChI is InChI=1S/C20H17ClN2O5/c1-26-14-7-8-15(17(9-14)27-2)16-10-20(28-22-16)11-18(24)23(19(20)25)13-5-3-12(21)4-6-13/h3-10,22H,11H2,1-2H3/t20-/m0/s1. The molecule has 2 aliphatic heterocycles. The summed E-state index contributed by atoms with van der Waals surface area (Å²) >= 11 is 5.90. The van der Waals surface area contributed by atoms with Crippen molar-refractivity contribution in [3.8, 4) is 11.5 Å². The zero-order valence-corrected chi connectivity index (χ0v) is 15.9. The van der Waals surface area contributed by atoms with Crippen LogP contribution in [0.15, 0.2) is 48.5 Å². The number of methoxy groups -OCH3 is 2. The molecule has 2 aromatic rings. The Kier molecular flexibility index (Phi) is 4.49. The second-order valence-corrected chi connectivity index (χ2v) is 6.84. The molecule has 4 rings (SSSR count). The molecule has 0 unspecified atom stereocenters. The van der Waals surface area contributed by atoms with Crippen LogP contribution in [0.5, 0.6) is 11.5 Å². The first-order valence-corrected chi connectivity index (χ1v) is 8.87. The number of hydrogen-bond acceptors (Lipinski definition) is 6. The highest BCUT2D eigenvalue weighted by Crippen LogP contribution is 2.40. The average Bonchev–Trinajstić information content (AvgIpc) is 3.23. The minimum atomic E-state index is -1.41. The van der Waals surface area contributed by atoms with Crippen LogP contribution < -0.4 is 19.9 Å². The fourth-order valence-corrected chi connectivity index (χ4v) is 3.44. The monoisotopic (exact) mass is 400 g/mol. The Labute approximate surface area is 166 Å². The van der Waals surface area contributed by atoms with Crippen LogP contribution in [-0.4, -0.2) is 31.6 Å². The number of carbonyl (C=O) groups is 2. The van der Waals surface area contributed by atoms with Crippen LogP contribution in [0.25, 0.3) is 5.70 Å². The van der Waals surface area contributed by atoms with Gasteiger partial charge in [0.05, 0.1) is 32.0 Å². The fraction of sp³-hybridized carbons (Fsp3) is 0.200. The summed E-state index contributed by atoms with van der Waals surface area (Å²) in [6.45, 7) is 0. The molecule has 1 N–H and O–H groups in total. The van der Waals surface area contributed by atoms with E-state index in [1.807, 2.05) is 0 Å². The van der Waals surface area contributed by atoms with Gasteiger partial charge in [0, 0.05) is 16.7 Å². The highest BCUT2D eigenvalue weighted by molar-refractivity contribution is 6.31. The van der Waals surface area contributed by atoms with Crippen LogP contribution in [0.4, 0.5) is 5.69 Å². The van der Waals surface area contributed by atoms with Crippen LogP contribution in [0.1, 0.15) is 12.0 Å². The van der Waals surface area contributed by atoms with E-state index in [2.05, 4.69) is 5.48 Å². The summed E-state index contributed by atoms with van der Waals surface area (Å²) in [6.07, 6.45) is 1.51. The third-order valence-corrected chi connectivity index (χ3v) is 4.98. The molecule has 0 radical (unpaired) electrons. The summed E-state index contributed by atoms with van der Waals surface area (Å²) in [7, 11) is 3.10. The van der Waals surface area contributed by atoms with Gasteiger partial charge in [-0.15, -0.1) is 0 Å². The summed E-state index contributed by atoms with van der Waals surface area (Å²) in [5.74, 6) is 0.365. The predicted molar refractivity (Wildman–Crippen MR) is 103 cm³/mol. The van der Waals surface area contributed by atoms with Gasteiger partial charge >= 0.3 is 0 Å². The highest BCUT2D eigenvalue weighted by Gasteiger charge is 2.55. The minimum Gasteiger partial charge on any atom is -0.497 e. The number of hydrogen-bond donors (Lipinski definition) is 1. The van der Waals surface area contributed by atoms with E-state index in [4.69, 9.17) is 25.9 Å². The third-order valence-electron chi connectivity index (χ3n) is 4.73. The molecule has 0 saturated carbocycles. The van der Waals surface area contributed by atoms with Crippen LogP contribution >= 0.6 is 11.6 Å². The molecule has 28 heavy (non-hydrogen) atoms. The van der Waals surface area contributed by atoms with Crippen molar-refractivity contribution in [3.05, 3.63) is 59.1 Å². The lowest BCUT2D eigenvalue weighted by molar-refractivity contribution is -0.136. The SMILES string of the molecule is COc1ccc(C2=C[C@@]3(CC(=O)N(c4ccc(Cl)cc4)C3=O)ON2)c(OC)c1. The van der Waals surface area contributed by atoms with Gasteiger partial charge in [-0.1, -0.05) is 11.6 Å². The van der Waals surface area contributed by atoms with Gasteiger partial charge < -0.3 is 9.47 Å². The molecular weight excluding hydrogens is 384 g/mol. The maximum Gasteiger partial charge on any atom is 0.273 e. The number of nitrogens with zero attached hydrogens (tertiary/aromatic N) is 1. The Balaban J connectivity index is 1.69. The molecule has 1 spiro atoms. The lowest BCUT2D eigenvalue weighted by atomic mass is 9.99. The Morgan fingerprint density at radius 1 is 1.11 bits per heavy atom. The zero-order chi connectivity index (χ0) is 19.9. The van der Waals surface area contributed by atoms with Crippen LogP contribution in [0.2, 0.25) is 5.02 Å². The molecule has 2 aromatic carbocycles. The topological polar surface area (TPSA) is 77.1 Å².